The second kappa shape index (κ2) is 6.96. The average Bonchev–Trinajstić information content (AvgIpc) is 2.09. The van der Waals surface area contributed by atoms with Crippen LogP contribution in [-0.4, -0.2) is 25.4 Å². The number of rotatable bonds is 7. The van der Waals surface area contributed by atoms with E-state index in [0.717, 1.165) is 32.1 Å². The summed E-state index contributed by atoms with van der Waals surface area (Å²) in [7, 11) is 0. The van der Waals surface area contributed by atoms with Crippen molar-refractivity contribution in [3.05, 3.63) is 0 Å². The summed E-state index contributed by atoms with van der Waals surface area (Å²) < 4.78 is 0. The molecule has 14 heavy (non-hydrogen) atoms. The average molecular weight is 200 g/mol. The van der Waals surface area contributed by atoms with Gasteiger partial charge in [0.25, 0.3) is 0 Å². The zero-order chi connectivity index (χ0) is 11.0. The molecule has 0 aliphatic heterocycles. The van der Waals surface area contributed by atoms with Crippen molar-refractivity contribution in [2.24, 2.45) is 11.1 Å². The van der Waals surface area contributed by atoms with E-state index in [2.05, 4.69) is 26.1 Å². The van der Waals surface area contributed by atoms with Crippen LogP contribution >= 0.6 is 0 Å². The Morgan fingerprint density at radius 1 is 1.36 bits per heavy atom. The van der Waals surface area contributed by atoms with Gasteiger partial charge in [0, 0.05) is 6.54 Å². The highest BCUT2D eigenvalue weighted by Gasteiger charge is 2.13. The molecule has 0 fully saturated rings. The van der Waals surface area contributed by atoms with Crippen LogP contribution < -0.4 is 11.1 Å². The van der Waals surface area contributed by atoms with Crippen molar-refractivity contribution < 1.29 is 4.79 Å². The number of carbonyl (C=O) groups excluding carboxylic acids is 1. The molecule has 3 N–H and O–H groups in total. The van der Waals surface area contributed by atoms with Crippen LogP contribution in [0.1, 0.15) is 40.0 Å². The highest BCUT2D eigenvalue weighted by molar-refractivity contribution is 5.57. The maximum Gasteiger partial charge on any atom is 0.136 e. The Morgan fingerprint density at radius 3 is 2.43 bits per heavy atom. The van der Waals surface area contributed by atoms with Gasteiger partial charge in [0.2, 0.25) is 0 Å². The van der Waals surface area contributed by atoms with Crippen LogP contribution in [0.2, 0.25) is 0 Å². The molecule has 0 spiro atoms. The molecule has 0 amide bonds. The predicted octanol–water partition coefficient (Wildman–Crippen LogP) is 1.32. The van der Waals surface area contributed by atoms with Crippen LogP contribution in [0.25, 0.3) is 0 Å². The van der Waals surface area contributed by atoms with E-state index < -0.39 is 0 Å². The van der Waals surface area contributed by atoms with Crippen molar-refractivity contribution in [2.75, 3.05) is 13.1 Å². The van der Waals surface area contributed by atoms with Gasteiger partial charge < -0.3 is 15.8 Å². The van der Waals surface area contributed by atoms with Gasteiger partial charge in [-0.1, -0.05) is 27.2 Å². The normalized spacial score (nSPS) is 14.0. The molecule has 1 atom stereocenters. The molecule has 0 heterocycles. The first-order valence-electron chi connectivity index (χ1n) is 5.38. The summed E-state index contributed by atoms with van der Waals surface area (Å²) in [5, 5.41) is 3.26. The fourth-order valence-corrected chi connectivity index (χ4v) is 1.16. The molecule has 0 saturated heterocycles. The lowest BCUT2D eigenvalue weighted by molar-refractivity contribution is -0.109. The quantitative estimate of drug-likeness (QED) is 0.481. The molecule has 0 aromatic heterocycles. The van der Waals surface area contributed by atoms with Crippen LogP contribution in [0.4, 0.5) is 0 Å². The molecule has 0 aliphatic carbocycles. The molecule has 0 rings (SSSR count). The van der Waals surface area contributed by atoms with E-state index in [9.17, 15) is 4.79 Å². The summed E-state index contributed by atoms with van der Waals surface area (Å²) in [6, 6.07) is 0.000718. The van der Waals surface area contributed by atoms with Crippen molar-refractivity contribution in [1.29, 1.82) is 0 Å². The van der Waals surface area contributed by atoms with E-state index in [0.29, 0.717) is 6.54 Å². The smallest absolute Gasteiger partial charge is 0.136 e. The number of hydrogen-bond acceptors (Lipinski definition) is 3. The van der Waals surface area contributed by atoms with Crippen molar-refractivity contribution in [1.82, 2.24) is 5.32 Å². The van der Waals surface area contributed by atoms with Gasteiger partial charge in [0.05, 0.1) is 6.04 Å². The van der Waals surface area contributed by atoms with Crippen LogP contribution in [0.15, 0.2) is 0 Å². The van der Waals surface area contributed by atoms with Gasteiger partial charge in [-0.05, 0) is 24.8 Å². The minimum absolute atomic E-state index is 0.000718. The van der Waals surface area contributed by atoms with Gasteiger partial charge in [-0.2, -0.15) is 0 Å². The van der Waals surface area contributed by atoms with Gasteiger partial charge in [-0.25, -0.2) is 0 Å². The van der Waals surface area contributed by atoms with Crippen LogP contribution in [-0.2, 0) is 4.79 Å². The summed E-state index contributed by atoms with van der Waals surface area (Å²) >= 11 is 0. The number of hydrogen-bond donors (Lipinski definition) is 2. The summed E-state index contributed by atoms with van der Waals surface area (Å²) in [4.78, 5) is 10.7. The lowest BCUT2D eigenvalue weighted by atomic mass is 9.96. The molecule has 0 bridgehead atoms. The van der Waals surface area contributed by atoms with Crippen LogP contribution in [0.3, 0.4) is 0 Å². The number of nitrogens with one attached hydrogen (secondary N) is 1. The highest BCUT2D eigenvalue weighted by Crippen LogP contribution is 2.11. The molecule has 0 aliphatic rings. The molecule has 0 saturated carbocycles. The SMILES string of the molecule is CC(C)(C)CN[C@H](C=O)CCCCN. The zero-order valence-electron chi connectivity index (χ0n) is 9.68. The lowest BCUT2D eigenvalue weighted by Gasteiger charge is -2.21. The Hall–Kier alpha value is -0.410. The first kappa shape index (κ1) is 13.6. The fourth-order valence-electron chi connectivity index (χ4n) is 1.16. The lowest BCUT2D eigenvalue weighted by Crippen LogP contribution is -2.36. The number of carbonyl (C=O) groups is 1. The third kappa shape index (κ3) is 8.20. The summed E-state index contributed by atoms with van der Waals surface area (Å²) in [6.07, 6.45) is 3.93. The van der Waals surface area contributed by atoms with Gasteiger partial charge in [-0.3, -0.25) is 0 Å². The Morgan fingerprint density at radius 2 is 2.00 bits per heavy atom. The largest absolute Gasteiger partial charge is 0.330 e. The topological polar surface area (TPSA) is 55.1 Å². The predicted molar refractivity (Wildman–Crippen MR) is 60.2 cm³/mol. The third-order valence-corrected chi connectivity index (χ3v) is 2.03. The number of aldehydes is 1. The Labute approximate surface area is 87.4 Å². The van der Waals surface area contributed by atoms with Crippen molar-refractivity contribution in [3.8, 4) is 0 Å². The van der Waals surface area contributed by atoms with Crippen LogP contribution in [0.5, 0.6) is 0 Å². The van der Waals surface area contributed by atoms with E-state index in [1.807, 2.05) is 0 Å². The second-order valence-electron chi connectivity index (χ2n) is 4.97. The fraction of sp³-hybridized carbons (Fsp3) is 0.909. The van der Waals surface area contributed by atoms with E-state index in [1.54, 1.807) is 0 Å². The molecule has 0 unspecified atom stereocenters. The van der Waals surface area contributed by atoms with Crippen molar-refractivity contribution >= 4 is 6.29 Å². The van der Waals surface area contributed by atoms with E-state index in [1.165, 1.54) is 0 Å². The Kier molecular flexibility index (Phi) is 6.75. The van der Waals surface area contributed by atoms with Gasteiger partial charge in [0.15, 0.2) is 0 Å². The second-order valence-corrected chi connectivity index (χ2v) is 4.97. The monoisotopic (exact) mass is 200 g/mol. The van der Waals surface area contributed by atoms with Gasteiger partial charge in [-0.15, -0.1) is 0 Å². The minimum atomic E-state index is 0.000718. The molecule has 3 heteroatoms. The van der Waals surface area contributed by atoms with Crippen LogP contribution in [0, 0.1) is 5.41 Å². The van der Waals surface area contributed by atoms with E-state index in [-0.39, 0.29) is 11.5 Å². The summed E-state index contributed by atoms with van der Waals surface area (Å²) in [5.41, 5.74) is 5.62. The summed E-state index contributed by atoms with van der Waals surface area (Å²) in [5.74, 6) is 0. The first-order chi connectivity index (χ1) is 6.49. The molecule has 0 aromatic carbocycles. The number of nitrogens with two attached hydrogens (primary N) is 1. The maximum absolute atomic E-state index is 10.7. The summed E-state index contributed by atoms with van der Waals surface area (Å²) in [6.45, 7) is 8.05. The standard InChI is InChI=1S/C11H24N2O/c1-11(2,3)9-13-10(8-14)6-4-5-7-12/h8,10,13H,4-7,9,12H2,1-3H3/t10-/m0/s1. The third-order valence-electron chi connectivity index (χ3n) is 2.03. The van der Waals surface area contributed by atoms with Gasteiger partial charge in [0.1, 0.15) is 6.29 Å². The molecule has 84 valence electrons. The minimum Gasteiger partial charge on any atom is -0.330 e. The molecule has 3 nitrogen and oxygen atoms in total. The van der Waals surface area contributed by atoms with Crippen molar-refractivity contribution in [2.45, 2.75) is 46.1 Å². The Bertz CT molecular complexity index is 152. The van der Waals surface area contributed by atoms with E-state index in [4.69, 9.17) is 5.73 Å². The zero-order valence-corrected chi connectivity index (χ0v) is 9.68. The maximum atomic E-state index is 10.7. The first-order valence-corrected chi connectivity index (χ1v) is 5.38. The molecular formula is C11H24N2O. The number of unbranched alkanes of at least 4 members (excludes halogenated alkanes) is 1. The van der Waals surface area contributed by atoms with Gasteiger partial charge >= 0.3 is 0 Å². The van der Waals surface area contributed by atoms with E-state index >= 15 is 0 Å². The molecular weight excluding hydrogens is 176 g/mol. The Balaban J connectivity index is 3.63. The molecule has 0 radical (unpaired) electrons. The van der Waals surface area contributed by atoms with Crippen molar-refractivity contribution in [3.63, 3.8) is 0 Å². The molecule has 0 aromatic rings. The highest BCUT2D eigenvalue weighted by atomic mass is 16.1.